The Bertz CT molecular complexity index is 478. The molecule has 3 N–H and O–H groups in total. The molecule has 2 aromatic rings. The molecule has 0 aliphatic rings. The summed E-state index contributed by atoms with van der Waals surface area (Å²) in [5.41, 5.74) is 7.48. The van der Waals surface area contributed by atoms with Crippen molar-refractivity contribution in [2.45, 2.75) is 25.7 Å². The molecule has 0 aliphatic carbocycles. The molecule has 0 saturated carbocycles. The molecule has 86 valence electrons. The minimum Gasteiger partial charge on any atom is -0.342 e. The fourth-order valence-corrected chi connectivity index (χ4v) is 1.97. The van der Waals surface area contributed by atoms with Crippen LogP contribution in [0, 0.1) is 0 Å². The molecule has 0 amide bonds. The summed E-state index contributed by atoms with van der Waals surface area (Å²) in [4.78, 5) is 7.86. The molecule has 0 saturated heterocycles. The van der Waals surface area contributed by atoms with Gasteiger partial charge in [-0.15, -0.1) is 0 Å². The number of rotatable bonds is 4. The fraction of sp³-hybridized carbons (Fsp3) is 0.417. The first-order valence-corrected chi connectivity index (χ1v) is 5.93. The molecule has 1 atom stereocenters. The molecule has 0 fully saturated rings. The van der Waals surface area contributed by atoms with Gasteiger partial charge in [-0.3, -0.25) is 0 Å². The van der Waals surface area contributed by atoms with Crippen molar-refractivity contribution >= 4 is 22.6 Å². The standard InChI is InChI=1S/C12H16ClN3/c1-8(3-2-6-14)12-15-10-5-4-9(13)7-11(10)16-12/h4-5,7-8H,2-3,6,14H2,1H3,(H,15,16). The monoisotopic (exact) mass is 237 g/mol. The zero-order valence-corrected chi connectivity index (χ0v) is 10.1. The third-order valence-corrected chi connectivity index (χ3v) is 3.01. The number of H-pyrrole nitrogens is 1. The zero-order valence-electron chi connectivity index (χ0n) is 9.33. The van der Waals surface area contributed by atoms with Crippen molar-refractivity contribution in [2.75, 3.05) is 6.54 Å². The highest BCUT2D eigenvalue weighted by Gasteiger charge is 2.10. The molecule has 2 rings (SSSR count). The van der Waals surface area contributed by atoms with Gasteiger partial charge in [-0.25, -0.2) is 4.98 Å². The lowest BCUT2D eigenvalue weighted by molar-refractivity contribution is 0.616. The van der Waals surface area contributed by atoms with E-state index in [4.69, 9.17) is 17.3 Å². The highest BCUT2D eigenvalue weighted by atomic mass is 35.5. The summed E-state index contributed by atoms with van der Waals surface area (Å²) < 4.78 is 0. The molecular formula is C12H16ClN3. The van der Waals surface area contributed by atoms with Gasteiger partial charge in [0.05, 0.1) is 11.0 Å². The zero-order chi connectivity index (χ0) is 11.5. The molecule has 1 aromatic carbocycles. The Kier molecular flexibility index (Phi) is 3.46. The lowest BCUT2D eigenvalue weighted by Crippen LogP contribution is -2.02. The Morgan fingerprint density at radius 3 is 3.06 bits per heavy atom. The van der Waals surface area contributed by atoms with Crippen LogP contribution >= 0.6 is 11.6 Å². The Morgan fingerprint density at radius 1 is 1.50 bits per heavy atom. The van der Waals surface area contributed by atoms with Gasteiger partial charge >= 0.3 is 0 Å². The summed E-state index contributed by atoms with van der Waals surface area (Å²) >= 11 is 5.93. The topological polar surface area (TPSA) is 54.7 Å². The van der Waals surface area contributed by atoms with Gasteiger partial charge in [0.2, 0.25) is 0 Å². The minimum atomic E-state index is 0.412. The van der Waals surface area contributed by atoms with E-state index < -0.39 is 0 Å². The summed E-state index contributed by atoms with van der Waals surface area (Å²) in [5, 5.41) is 0.734. The van der Waals surface area contributed by atoms with Crippen LogP contribution in [-0.4, -0.2) is 16.5 Å². The lowest BCUT2D eigenvalue weighted by Gasteiger charge is -2.06. The predicted molar refractivity (Wildman–Crippen MR) is 67.8 cm³/mol. The fourth-order valence-electron chi connectivity index (χ4n) is 1.80. The molecule has 1 aromatic heterocycles. The summed E-state index contributed by atoms with van der Waals surface area (Å²) in [5.74, 6) is 1.43. The maximum atomic E-state index is 5.93. The van der Waals surface area contributed by atoms with E-state index in [9.17, 15) is 0 Å². The van der Waals surface area contributed by atoms with Crippen molar-refractivity contribution in [3.8, 4) is 0 Å². The van der Waals surface area contributed by atoms with Crippen LogP contribution in [0.5, 0.6) is 0 Å². The highest BCUT2D eigenvalue weighted by molar-refractivity contribution is 6.31. The molecule has 3 nitrogen and oxygen atoms in total. The molecule has 4 heteroatoms. The average Bonchev–Trinajstić information content (AvgIpc) is 2.68. The number of imidazole rings is 1. The first-order valence-electron chi connectivity index (χ1n) is 5.56. The van der Waals surface area contributed by atoms with E-state index in [1.165, 1.54) is 0 Å². The van der Waals surface area contributed by atoms with Crippen molar-refractivity contribution < 1.29 is 0 Å². The summed E-state index contributed by atoms with van der Waals surface area (Å²) in [6.07, 6.45) is 2.09. The summed E-state index contributed by atoms with van der Waals surface area (Å²) in [6.45, 7) is 2.89. The van der Waals surface area contributed by atoms with Gasteiger partial charge in [0.25, 0.3) is 0 Å². The summed E-state index contributed by atoms with van der Waals surface area (Å²) in [6, 6.07) is 5.70. The van der Waals surface area contributed by atoms with E-state index in [2.05, 4.69) is 16.9 Å². The van der Waals surface area contributed by atoms with Crippen LogP contribution in [0.4, 0.5) is 0 Å². The largest absolute Gasteiger partial charge is 0.342 e. The first-order chi connectivity index (χ1) is 7.70. The smallest absolute Gasteiger partial charge is 0.110 e. The highest BCUT2D eigenvalue weighted by Crippen LogP contribution is 2.22. The van der Waals surface area contributed by atoms with Crippen molar-refractivity contribution in [3.63, 3.8) is 0 Å². The predicted octanol–water partition coefficient (Wildman–Crippen LogP) is 3.06. The molecular weight excluding hydrogens is 222 g/mol. The summed E-state index contributed by atoms with van der Waals surface area (Å²) in [7, 11) is 0. The van der Waals surface area contributed by atoms with E-state index in [1.807, 2.05) is 18.2 Å². The third-order valence-electron chi connectivity index (χ3n) is 2.77. The maximum Gasteiger partial charge on any atom is 0.110 e. The van der Waals surface area contributed by atoms with Crippen molar-refractivity contribution in [3.05, 3.63) is 29.0 Å². The number of fused-ring (bicyclic) bond motifs is 1. The third kappa shape index (κ3) is 2.36. The second-order valence-corrected chi connectivity index (χ2v) is 4.55. The number of hydrogen-bond donors (Lipinski definition) is 2. The van der Waals surface area contributed by atoms with Crippen LogP contribution < -0.4 is 5.73 Å². The number of benzene rings is 1. The quantitative estimate of drug-likeness (QED) is 0.859. The van der Waals surface area contributed by atoms with Gasteiger partial charge in [-0.05, 0) is 37.6 Å². The van der Waals surface area contributed by atoms with Gasteiger partial charge in [0.1, 0.15) is 5.82 Å². The molecule has 0 radical (unpaired) electrons. The van der Waals surface area contributed by atoms with Gasteiger partial charge in [-0.2, -0.15) is 0 Å². The molecule has 0 bridgehead atoms. The van der Waals surface area contributed by atoms with E-state index in [-0.39, 0.29) is 0 Å². The number of hydrogen-bond acceptors (Lipinski definition) is 2. The Balaban J connectivity index is 2.25. The number of nitrogens with one attached hydrogen (secondary N) is 1. The van der Waals surface area contributed by atoms with E-state index >= 15 is 0 Å². The molecule has 0 spiro atoms. The SMILES string of the molecule is CC(CCCN)c1nc2ccc(Cl)cc2[nH]1. The molecule has 1 unspecified atom stereocenters. The number of nitrogens with zero attached hydrogens (tertiary/aromatic N) is 1. The number of halogens is 1. The second kappa shape index (κ2) is 4.85. The molecule has 1 heterocycles. The van der Waals surface area contributed by atoms with Gasteiger partial charge in [-0.1, -0.05) is 18.5 Å². The van der Waals surface area contributed by atoms with Crippen molar-refractivity contribution in [1.82, 2.24) is 9.97 Å². The first kappa shape index (κ1) is 11.4. The number of aromatic nitrogens is 2. The van der Waals surface area contributed by atoms with Crippen LogP contribution in [0.1, 0.15) is 31.5 Å². The Morgan fingerprint density at radius 2 is 2.31 bits per heavy atom. The lowest BCUT2D eigenvalue weighted by atomic mass is 10.1. The number of nitrogens with two attached hydrogens (primary N) is 1. The number of aromatic amines is 1. The van der Waals surface area contributed by atoms with Crippen LogP contribution in [0.25, 0.3) is 11.0 Å². The minimum absolute atomic E-state index is 0.412. The average molecular weight is 238 g/mol. The maximum absolute atomic E-state index is 5.93. The van der Waals surface area contributed by atoms with Gasteiger partial charge in [0, 0.05) is 10.9 Å². The molecule has 16 heavy (non-hydrogen) atoms. The Hall–Kier alpha value is -1.06. The molecule has 0 aliphatic heterocycles. The van der Waals surface area contributed by atoms with E-state index in [1.54, 1.807) is 0 Å². The Labute approximate surface area is 100 Å². The van der Waals surface area contributed by atoms with Gasteiger partial charge < -0.3 is 10.7 Å². The van der Waals surface area contributed by atoms with Crippen molar-refractivity contribution in [2.24, 2.45) is 5.73 Å². The van der Waals surface area contributed by atoms with Crippen LogP contribution in [0.2, 0.25) is 5.02 Å². The van der Waals surface area contributed by atoms with E-state index in [0.717, 1.165) is 41.3 Å². The van der Waals surface area contributed by atoms with Gasteiger partial charge in [0.15, 0.2) is 0 Å². The normalized spacial score (nSPS) is 13.2. The van der Waals surface area contributed by atoms with Crippen LogP contribution in [0.15, 0.2) is 18.2 Å². The van der Waals surface area contributed by atoms with Crippen LogP contribution in [0.3, 0.4) is 0 Å². The van der Waals surface area contributed by atoms with E-state index in [0.29, 0.717) is 5.92 Å². The van der Waals surface area contributed by atoms with Crippen LogP contribution in [-0.2, 0) is 0 Å². The van der Waals surface area contributed by atoms with Crippen molar-refractivity contribution in [1.29, 1.82) is 0 Å². The second-order valence-electron chi connectivity index (χ2n) is 4.12.